The molecular weight excluding hydrogens is 335 g/mol. The van der Waals surface area contributed by atoms with Crippen molar-refractivity contribution in [3.63, 3.8) is 0 Å². The molecule has 3 N–H and O–H groups in total. The van der Waals surface area contributed by atoms with Crippen molar-refractivity contribution < 1.29 is 23.0 Å². The normalized spacial score (nSPS) is 11.5. The molecule has 0 aliphatic rings. The topological polar surface area (TPSA) is 65.9 Å². The summed E-state index contributed by atoms with van der Waals surface area (Å²) in [5, 5.41) is 15.1. The van der Waals surface area contributed by atoms with Crippen LogP contribution in [0.4, 0.5) is 13.2 Å². The van der Waals surface area contributed by atoms with E-state index in [-0.39, 0.29) is 18.8 Å². The number of ether oxygens (including phenoxy) is 1. The number of hydrogen-bond acceptors (Lipinski definition) is 3. The van der Waals surface area contributed by atoms with Crippen molar-refractivity contribution in [2.24, 2.45) is 4.99 Å². The molecule has 0 amide bonds. The fourth-order valence-electron chi connectivity index (χ4n) is 2.11. The number of phenols is 1. The van der Waals surface area contributed by atoms with Crippen molar-refractivity contribution in [1.29, 1.82) is 0 Å². The first-order valence-electron chi connectivity index (χ1n) is 7.44. The molecule has 2 rings (SSSR count). The number of para-hydroxylation sites is 1. The monoisotopic (exact) mass is 353 g/mol. The van der Waals surface area contributed by atoms with Gasteiger partial charge in [0.05, 0.1) is 0 Å². The highest BCUT2D eigenvalue weighted by Crippen LogP contribution is 2.20. The zero-order valence-corrected chi connectivity index (χ0v) is 13.5. The second-order valence-corrected chi connectivity index (χ2v) is 5.05. The van der Waals surface area contributed by atoms with Gasteiger partial charge in [-0.1, -0.05) is 24.3 Å². The van der Waals surface area contributed by atoms with Crippen molar-refractivity contribution in [3.8, 4) is 11.5 Å². The van der Waals surface area contributed by atoms with E-state index in [1.807, 2.05) is 0 Å². The van der Waals surface area contributed by atoms with Crippen molar-refractivity contribution in [2.75, 3.05) is 7.05 Å². The zero-order chi connectivity index (χ0) is 18.2. The molecule has 0 unspecified atom stereocenters. The highest BCUT2D eigenvalue weighted by Gasteiger charge is 2.09. The summed E-state index contributed by atoms with van der Waals surface area (Å²) in [6.07, 6.45) is 0. The lowest BCUT2D eigenvalue weighted by atomic mass is 10.2. The number of hydrogen-bond donors (Lipinski definition) is 3. The Morgan fingerprint density at radius 3 is 2.56 bits per heavy atom. The maximum Gasteiger partial charge on any atom is 0.387 e. The maximum atomic E-state index is 13.3. The van der Waals surface area contributed by atoms with Crippen LogP contribution in [0.15, 0.2) is 47.5 Å². The van der Waals surface area contributed by atoms with E-state index in [1.165, 1.54) is 18.2 Å². The number of nitrogens with one attached hydrogen (secondary N) is 2. The van der Waals surface area contributed by atoms with Crippen LogP contribution in [0.25, 0.3) is 0 Å². The van der Waals surface area contributed by atoms with E-state index < -0.39 is 18.2 Å². The molecule has 0 aliphatic carbocycles. The summed E-state index contributed by atoms with van der Waals surface area (Å²) in [6.45, 7) is -2.42. The van der Waals surface area contributed by atoms with Gasteiger partial charge in [-0.15, -0.1) is 0 Å². The summed E-state index contributed by atoms with van der Waals surface area (Å²) in [6, 6.07) is 10.5. The lowest BCUT2D eigenvalue weighted by Crippen LogP contribution is -2.36. The number of aliphatic imine (C=N–C) groups is 1. The molecule has 8 heteroatoms. The van der Waals surface area contributed by atoms with Crippen molar-refractivity contribution >= 4 is 5.96 Å². The third kappa shape index (κ3) is 5.59. The summed E-state index contributed by atoms with van der Waals surface area (Å²) in [7, 11) is 1.55. The number of aromatic hydroxyl groups is 1. The van der Waals surface area contributed by atoms with Gasteiger partial charge in [-0.25, -0.2) is 4.39 Å². The number of benzene rings is 2. The van der Waals surface area contributed by atoms with E-state index in [9.17, 15) is 13.2 Å². The van der Waals surface area contributed by atoms with Gasteiger partial charge in [0.1, 0.15) is 5.75 Å². The van der Waals surface area contributed by atoms with Crippen LogP contribution in [0.3, 0.4) is 0 Å². The lowest BCUT2D eigenvalue weighted by molar-refractivity contribution is -0.0504. The summed E-state index contributed by atoms with van der Waals surface area (Å²) in [5.74, 6) is -0.636. The highest BCUT2D eigenvalue weighted by molar-refractivity contribution is 5.79. The van der Waals surface area contributed by atoms with Gasteiger partial charge in [-0.2, -0.15) is 8.78 Å². The zero-order valence-electron chi connectivity index (χ0n) is 13.5. The summed E-state index contributed by atoms with van der Waals surface area (Å²) in [4.78, 5) is 4.01. The van der Waals surface area contributed by atoms with E-state index in [4.69, 9.17) is 5.11 Å². The van der Waals surface area contributed by atoms with E-state index in [0.29, 0.717) is 17.1 Å². The second-order valence-electron chi connectivity index (χ2n) is 5.05. The second kappa shape index (κ2) is 8.81. The van der Waals surface area contributed by atoms with E-state index in [2.05, 4.69) is 20.4 Å². The van der Waals surface area contributed by atoms with E-state index >= 15 is 0 Å². The predicted octanol–water partition coefficient (Wildman–Crippen LogP) is 3.00. The molecule has 2 aromatic carbocycles. The Balaban J connectivity index is 1.93. The molecule has 0 atom stereocenters. The molecule has 25 heavy (non-hydrogen) atoms. The van der Waals surface area contributed by atoms with Gasteiger partial charge in [0.15, 0.2) is 17.5 Å². The van der Waals surface area contributed by atoms with Gasteiger partial charge in [0, 0.05) is 25.7 Å². The molecule has 5 nitrogen and oxygen atoms in total. The van der Waals surface area contributed by atoms with Crippen LogP contribution in [0.5, 0.6) is 11.5 Å². The molecule has 2 aromatic rings. The third-order valence-electron chi connectivity index (χ3n) is 3.33. The average molecular weight is 353 g/mol. The summed E-state index contributed by atoms with van der Waals surface area (Å²) >= 11 is 0. The van der Waals surface area contributed by atoms with Gasteiger partial charge >= 0.3 is 6.61 Å². The Labute approximate surface area is 143 Å². The van der Waals surface area contributed by atoms with Crippen LogP contribution >= 0.6 is 0 Å². The smallest absolute Gasteiger partial charge is 0.387 e. The van der Waals surface area contributed by atoms with Crippen molar-refractivity contribution in [1.82, 2.24) is 10.6 Å². The Morgan fingerprint density at radius 2 is 1.88 bits per heavy atom. The van der Waals surface area contributed by atoms with Crippen LogP contribution in [-0.2, 0) is 13.1 Å². The number of nitrogens with zero attached hydrogens (tertiary/aromatic N) is 1. The van der Waals surface area contributed by atoms with Crippen molar-refractivity contribution in [3.05, 3.63) is 59.4 Å². The van der Waals surface area contributed by atoms with Gasteiger partial charge in [-0.05, 0) is 23.8 Å². The largest absolute Gasteiger partial charge is 0.505 e. The minimum atomic E-state index is -2.90. The molecule has 0 bridgehead atoms. The molecule has 0 aliphatic heterocycles. The quantitative estimate of drug-likeness (QED) is 0.552. The van der Waals surface area contributed by atoms with Crippen molar-refractivity contribution in [2.45, 2.75) is 19.7 Å². The van der Waals surface area contributed by atoms with Gasteiger partial charge < -0.3 is 20.5 Å². The van der Waals surface area contributed by atoms with E-state index in [1.54, 1.807) is 31.3 Å². The summed E-state index contributed by atoms with van der Waals surface area (Å²) < 4.78 is 42.6. The molecule has 0 aromatic heterocycles. The number of phenolic OH excluding ortho intramolecular Hbond substituents is 1. The number of alkyl halides is 2. The van der Waals surface area contributed by atoms with Crippen LogP contribution in [-0.4, -0.2) is 24.7 Å². The minimum Gasteiger partial charge on any atom is -0.505 e. The number of halogens is 3. The molecule has 0 saturated heterocycles. The first-order chi connectivity index (χ1) is 12.0. The first-order valence-corrected chi connectivity index (χ1v) is 7.44. The van der Waals surface area contributed by atoms with E-state index in [0.717, 1.165) is 0 Å². The molecule has 0 heterocycles. The Kier molecular flexibility index (Phi) is 6.50. The molecule has 0 fully saturated rings. The Bertz CT molecular complexity index is 739. The minimum absolute atomic E-state index is 0.0843. The molecule has 0 saturated carbocycles. The molecular formula is C17H18F3N3O2. The van der Waals surface area contributed by atoms with Crippen LogP contribution in [0.1, 0.15) is 11.1 Å². The standard InChI is InChI=1S/C17H18F3N3O2/c1-21-17(22-9-11-6-7-14(24)13(18)8-11)23-10-12-4-2-3-5-15(12)25-16(19)20/h2-8,16,24H,9-10H2,1H3,(H2,21,22,23). The lowest BCUT2D eigenvalue weighted by Gasteiger charge is -2.14. The molecule has 134 valence electrons. The van der Waals surface area contributed by atoms with Gasteiger partial charge in [0.2, 0.25) is 0 Å². The van der Waals surface area contributed by atoms with Gasteiger partial charge in [0.25, 0.3) is 0 Å². The molecule has 0 spiro atoms. The Morgan fingerprint density at radius 1 is 1.16 bits per heavy atom. The maximum absolute atomic E-state index is 13.3. The highest BCUT2D eigenvalue weighted by atomic mass is 19.3. The SMILES string of the molecule is CN=C(NCc1ccc(O)c(F)c1)NCc1ccccc1OC(F)F. The fraction of sp³-hybridized carbons (Fsp3) is 0.235. The van der Waals surface area contributed by atoms with Crippen LogP contribution in [0.2, 0.25) is 0 Å². The third-order valence-corrected chi connectivity index (χ3v) is 3.33. The number of rotatable bonds is 6. The van der Waals surface area contributed by atoms with Gasteiger partial charge in [-0.3, -0.25) is 4.99 Å². The molecule has 0 radical (unpaired) electrons. The fourth-order valence-corrected chi connectivity index (χ4v) is 2.11. The van der Waals surface area contributed by atoms with Crippen LogP contribution in [0, 0.1) is 5.82 Å². The predicted molar refractivity (Wildman–Crippen MR) is 88.2 cm³/mol. The van der Waals surface area contributed by atoms with Crippen LogP contribution < -0.4 is 15.4 Å². The first kappa shape index (κ1) is 18.4. The summed E-state index contributed by atoms with van der Waals surface area (Å²) in [5.41, 5.74) is 1.15. The Hall–Kier alpha value is -2.90. The number of guanidine groups is 1. The average Bonchev–Trinajstić information content (AvgIpc) is 2.59.